The third-order valence-electron chi connectivity index (χ3n) is 7.59. The van der Waals surface area contributed by atoms with Crippen LogP contribution >= 0.6 is 0 Å². The minimum Gasteiger partial charge on any atom is -0.438 e. The Morgan fingerprint density at radius 1 is 0.955 bits per heavy atom. The number of likely N-dealkylation sites (N-methyl/N-ethyl adjacent to an activating group) is 1. The van der Waals surface area contributed by atoms with Crippen molar-refractivity contribution in [2.75, 3.05) is 74.1 Å². The molecule has 12 heteroatoms. The van der Waals surface area contributed by atoms with Gasteiger partial charge in [-0.05, 0) is 36.9 Å². The molecule has 0 aliphatic carbocycles. The molecule has 0 unspecified atom stereocenters. The Morgan fingerprint density at radius 3 is 2.41 bits per heavy atom. The van der Waals surface area contributed by atoms with Crippen molar-refractivity contribution in [2.24, 2.45) is 0 Å². The molecule has 1 aromatic heterocycles. The molecule has 0 saturated carbocycles. The van der Waals surface area contributed by atoms with Crippen LogP contribution in [0.4, 0.5) is 21.7 Å². The first-order valence-corrected chi connectivity index (χ1v) is 14.4. The largest absolute Gasteiger partial charge is 0.438 e. The van der Waals surface area contributed by atoms with E-state index in [1.807, 2.05) is 35.2 Å². The van der Waals surface area contributed by atoms with E-state index in [1.165, 1.54) is 12.1 Å². The number of carbonyl (C=O) groups is 1. The second-order valence-electron chi connectivity index (χ2n) is 10.2. The molecule has 228 valence electrons. The van der Waals surface area contributed by atoms with Crippen LogP contribution in [0.1, 0.15) is 17.3 Å². The quantitative estimate of drug-likeness (QED) is 0.331. The summed E-state index contributed by atoms with van der Waals surface area (Å²) in [6.07, 6.45) is 1.96. The number of rotatable bonds is 7. The number of benzene rings is 3. The summed E-state index contributed by atoms with van der Waals surface area (Å²) in [5.41, 5.74) is 1.53. The number of carbonyl (C=O) groups excluding carboxylic acids is 3. The van der Waals surface area contributed by atoms with Gasteiger partial charge in [-0.1, -0.05) is 31.2 Å². The second-order valence-corrected chi connectivity index (χ2v) is 10.2. The monoisotopic (exact) mass is 600 g/mol. The van der Waals surface area contributed by atoms with E-state index >= 15 is 0 Å². The summed E-state index contributed by atoms with van der Waals surface area (Å²) in [5.74, 6) is 0.869. The molecule has 0 spiro atoms. The number of hydrogen-bond acceptors (Lipinski definition) is 10. The van der Waals surface area contributed by atoms with Crippen molar-refractivity contribution in [3.63, 3.8) is 0 Å². The van der Waals surface area contributed by atoms with Gasteiger partial charge in [-0.15, -0.1) is 0 Å². The fourth-order valence-corrected chi connectivity index (χ4v) is 5.29. The van der Waals surface area contributed by atoms with Crippen molar-refractivity contribution in [2.45, 2.75) is 6.92 Å². The average Bonchev–Trinajstić information content (AvgIpc) is 3.06. The number of anilines is 3. The number of morpholine rings is 1. The lowest BCUT2D eigenvalue weighted by Gasteiger charge is -2.33. The van der Waals surface area contributed by atoms with Crippen molar-refractivity contribution >= 4 is 40.2 Å². The van der Waals surface area contributed by atoms with E-state index in [0.29, 0.717) is 55.3 Å². The van der Waals surface area contributed by atoms with E-state index in [1.54, 1.807) is 24.4 Å². The highest BCUT2D eigenvalue weighted by molar-refractivity contribution is 6.10. The smallest absolute Gasteiger partial charge is 0.373 e. The van der Waals surface area contributed by atoms with E-state index in [4.69, 9.17) is 19.1 Å². The van der Waals surface area contributed by atoms with Crippen LogP contribution in [-0.4, -0.2) is 86.0 Å². The lowest BCUT2D eigenvalue weighted by atomic mass is 10.1. The summed E-state index contributed by atoms with van der Waals surface area (Å²) in [7, 11) is 0. The molecule has 0 radical (unpaired) electrons. The molecule has 2 aliphatic rings. The third-order valence-corrected chi connectivity index (χ3v) is 7.59. The predicted molar refractivity (Wildman–Crippen MR) is 163 cm³/mol. The summed E-state index contributed by atoms with van der Waals surface area (Å²) >= 11 is 0. The molecule has 44 heavy (non-hydrogen) atoms. The highest BCUT2D eigenvalue weighted by Gasteiger charge is 2.20. The van der Waals surface area contributed by atoms with Gasteiger partial charge in [0, 0.05) is 79.2 Å². The number of nitrogens with one attached hydrogen (secondary N) is 1. The molecule has 3 aromatic carbocycles. The Kier molecular flexibility index (Phi) is 10.1. The van der Waals surface area contributed by atoms with E-state index in [-0.39, 0.29) is 17.6 Å². The Morgan fingerprint density at radius 2 is 1.68 bits per heavy atom. The molecule has 0 bridgehead atoms. The molecule has 11 nitrogen and oxygen atoms in total. The molecule has 1 N–H and O–H groups in total. The number of piperazine rings is 1. The molecular weight excluding hydrogens is 567 g/mol. The summed E-state index contributed by atoms with van der Waals surface area (Å²) in [6.45, 7) is 9.36. The van der Waals surface area contributed by atoms with Gasteiger partial charge in [0.15, 0.2) is 0 Å². The van der Waals surface area contributed by atoms with Gasteiger partial charge in [-0.3, -0.25) is 4.79 Å². The molecule has 6 rings (SSSR count). The first-order valence-electron chi connectivity index (χ1n) is 14.4. The number of amides is 1. The van der Waals surface area contributed by atoms with Crippen LogP contribution in [-0.2, 0) is 14.3 Å². The minimum absolute atomic E-state index is 0.250. The van der Waals surface area contributed by atoms with Crippen LogP contribution in [0.15, 0.2) is 66.9 Å². The van der Waals surface area contributed by atoms with Gasteiger partial charge in [0.25, 0.3) is 5.91 Å². The molecule has 4 aromatic rings. The summed E-state index contributed by atoms with van der Waals surface area (Å²) in [6, 6.07) is 17.5. The molecule has 1 amide bonds. The highest BCUT2D eigenvalue weighted by atomic mass is 19.1. The number of fused-ring (bicyclic) bond motifs is 1. The number of ether oxygens (including phenoxy) is 2. The van der Waals surface area contributed by atoms with Gasteiger partial charge in [0.05, 0.1) is 13.2 Å². The standard InChI is InChI=1S/C31H33FN6O3.CO2/c1-2-36-11-13-38(14-12-36)31-33-10-9-29(35-31)41-28-8-7-27(25-5-3-4-6-26(25)28)34-30(39)22-19-23(32)21-24(20-22)37-15-17-40-18-16-37;2-1-3/h3-10,19-21H,2,11-18H2,1H3,(H,34,39);. The van der Waals surface area contributed by atoms with Crippen molar-refractivity contribution in [1.82, 2.24) is 14.9 Å². The van der Waals surface area contributed by atoms with E-state index in [9.17, 15) is 9.18 Å². The fourth-order valence-electron chi connectivity index (χ4n) is 5.29. The Labute approximate surface area is 254 Å². The predicted octanol–water partition coefficient (Wildman–Crippen LogP) is 4.21. The van der Waals surface area contributed by atoms with Crippen LogP contribution in [0.3, 0.4) is 0 Å². The van der Waals surface area contributed by atoms with Crippen molar-refractivity contribution in [1.29, 1.82) is 0 Å². The van der Waals surface area contributed by atoms with Crippen LogP contribution in [0.2, 0.25) is 0 Å². The maximum Gasteiger partial charge on any atom is 0.373 e. The van der Waals surface area contributed by atoms with Gasteiger partial charge < -0.3 is 29.5 Å². The van der Waals surface area contributed by atoms with Gasteiger partial charge in [-0.25, -0.2) is 9.37 Å². The summed E-state index contributed by atoms with van der Waals surface area (Å²) < 4.78 is 26.1. The van der Waals surface area contributed by atoms with Gasteiger partial charge >= 0.3 is 6.15 Å². The zero-order valence-electron chi connectivity index (χ0n) is 24.4. The van der Waals surface area contributed by atoms with Gasteiger partial charge in [0.1, 0.15) is 11.6 Å². The van der Waals surface area contributed by atoms with E-state index < -0.39 is 5.82 Å². The molecule has 2 saturated heterocycles. The Balaban J connectivity index is 0.00000123. The SMILES string of the molecule is CCN1CCN(c2nccc(Oc3ccc(NC(=O)c4cc(F)cc(N5CCOCC5)c4)c4ccccc34)n2)CC1.O=C=O. The minimum atomic E-state index is -0.454. The van der Waals surface area contributed by atoms with Crippen molar-refractivity contribution in [3.8, 4) is 11.6 Å². The third kappa shape index (κ3) is 7.35. The first kappa shape index (κ1) is 30.6. The summed E-state index contributed by atoms with van der Waals surface area (Å²) in [5, 5.41) is 4.58. The number of hydrogen-bond donors (Lipinski definition) is 1. The fraction of sp³-hybridized carbons (Fsp3) is 0.312. The second kappa shape index (κ2) is 14.5. The first-order chi connectivity index (χ1) is 21.5. The zero-order chi connectivity index (χ0) is 30.9. The lowest BCUT2D eigenvalue weighted by Crippen LogP contribution is -2.46. The van der Waals surface area contributed by atoms with Crippen LogP contribution < -0.4 is 19.9 Å². The molecule has 3 heterocycles. The van der Waals surface area contributed by atoms with Crippen LogP contribution in [0.25, 0.3) is 10.8 Å². The van der Waals surface area contributed by atoms with Crippen molar-refractivity contribution < 1.29 is 28.2 Å². The molecule has 2 aliphatic heterocycles. The number of halogens is 1. The van der Waals surface area contributed by atoms with E-state index in [2.05, 4.69) is 32.0 Å². The maximum absolute atomic E-state index is 14.5. The van der Waals surface area contributed by atoms with Gasteiger partial charge in [0.2, 0.25) is 11.8 Å². The number of aromatic nitrogens is 2. The topological polar surface area (TPSA) is 117 Å². The average molecular weight is 601 g/mol. The van der Waals surface area contributed by atoms with Crippen LogP contribution in [0, 0.1) is 5.82 Å². The maximum atomic E-state index is 14.5. The molecule has 2 fully saturated rings. The van der Waals surface area contributed by atoms with Crippen molar-refractivity contribution in [3.05, 3.63) is 78.2 Å². The Bertz CT molecular complexity index is 1630. The Hall–Kier alpha value is -4.90. The van der Waals surface area contributed by atoms with Gasteiger partial charge in [-0.2, -0.15) is 14.6 Å². The number of nitrogens with zero attached hydrogens (tertiary/aromatic N) is 5. The van der Waals surface area contributed by atoms with Crippen LogP contribution in [0.5, 0.6) is 11.6 Å². The van der Waals surface area contributed by atoms with E-state index in [0.717, 1.165) is 43.5 Å². The molecular formula is C32H33FN6O5. The zero-order valence-corrected chi connectivity index (χ0v) is 24.4. The summed E-state index contributed by atoms with van der Waals surface area (Å²) in [4.78, 5) is 45.3. The molecule has 0 atom stereocenters. The lowest BCUT2D eigenvalue weighted by molar-refractivity contribution is -0.191. The highest BCUT2D eigenvalue weighted by Crippen LogP contribution is 2.34. The normalized spacial score (nSPS) is 15.2.